The molecule has 1 fully saturated rings. The van der Waals surface area contributed by atoms with E-state index >= 15 is 0 Å². The molecule has 0 bridgehead atoms. The molecule has 128 valence electrons. The fourth-order valence-corrected chi connectivity index (χ4v) is 27.9. The van der Waals surface area contributed by atoms with Crippen LogP contribution in [0.25, 0.3) is 5.57 Å². The molecule has 1 aliphatic heterocycles. The van der Waals surface area contributed by atoms with Crippen molar-refractivity contribution in [3.63, 3.8) is 0 Å². The molecule has 3 heteroatoms. The summed E-state index contributed by atoms with van der Waals surface area (Å²) >= 11 is -2.28. The van der Waals surface area contributed by atoms with Crippen LogP contribution in [0.4, 0.5) is 0 Å². The van der Waals surface area contributed by atoms with Crippen LogP contribution >= 0.6 is 0 Å². The normalized spacial score (nSPS) is 22.0. The predicted octanol–water partition coefficient (Wildman–Crippen LogP) is 0.417. The number of allylic oxidation sites excluding steroid dienone is 6. The van der Waals surface area contributed by atoms with E-state index in [0.717, 1.165) is 3.67 Å². The van der Waals surface area contributed by atoms with Gasteiger partial charge in [-0.05, 0) is 0 Å². The Morgan fingerprint density at radius 3 is 2.21 bits per heavy atom. The number of fused-ring (bicyclic) bond motifs is 1. The first-order chi connectivity index (χ1) is 10.4. The van der Waals surface area contributed by atoms with Crippen LogP contribution in [0.15, 0.2) is 51.4 Å². The van der Waals surface area contributed by atoms with Crippen LogP contribution in [0.3, 0.4) is 0 Å². The van der Waals surface area contributed by atoms with E-state index < -0.39 is 20.0 Å². The topological polar surface area (TPSA) is 0 Å². The quantitative estimate of drug-likeness (QED) is 0.489. The summed E-state index contributed by atoms with van der Waals surface area (Å²) in [6.45, 7) is 9.41. The van der Waals surface area contributed by atoms with E-state index in [4.69, 9.17) is 0 Å². The molecule has 4 rings (SSSR count). The average molecular weight is 528 g/mol. The molecule has 1 saturated heterocycles. The van der Waals surface area contributed by atoms with Crippen LogP contribution in [0.2, 0.25) is 8.35 Å². The maximum atomic E-state index is 2.70. The molecule has 24 heavy (non-hydrogen) atoms. The second kappa shape index (κ2) is 6.89. The Hall–Kier alpha value is -0.110. The van der Waals surface area contributed by atoms with Gasteiger partial charge in [0.15, 0.2) is 0 Å². The summed E-state index contributed by atoms with van der Waals surface area (Å²) in [6.07, 6.45) is 8.88. The molecule has 0 amide bonds. The summed E-state index contributed by atoms with van der Waals surface area (Å²) in [5, 5.41) is 0. The van der Waals surface area contributed by atoms with Gasteiger partial charge in [0.25, 0.3) is 0 Å². The minimum absolute atomic E-state index is 0. The van der Waals surface area contributed by atoms with Gasteiger partial charge in [-0.1, -0.05) is 0 Å². The van der Waals surface area contributed by atoms with Crippen molar-refractivity contribution in [2.24, 2.45) is 5.41 Å². The van der Waals surface area contributed by atoms with Crippen molar-refractivity contribution in [2.45, 2.75) is 46.1 Å². The number of halogens is 2. The molecule has 1 heterocycles. The molecule has 0 saturated carbocycles. The van der Waals surface area contributed by atoms with E-state index in [9.17, 15) is 0 Å². The Morgan fingerprint density at radius 2 is 1.67 bits per heavy atom. The molecular formula is C21H26Cl2Hf. The van der Waals surface area contributed by atoms with Crippen molar-refractivity contribution in [2.75, 3.05) is 0 Å². The largest absolute Gasteiger partial charge is 1.00 e. The second-order valence-electron chi connectivity index (χ2n) is 8.43. The van der Waals surface area contributed by atoms with Crippen LogP contribution < -0.4 is 24.8 Å². The van der Waals surface area contributed by atoms with Crippen molar-refractivity contribution < 1.29 is 44.8 Å². The molecule has 1 aromatic rings. The SMILES string of the molecule is CC1=CC=[C]([Hf+2]2([CH]3C=C(C(C)(C)C)c4ccccc43)[CH2][CH2]2)C1.[Cl-].[Cl-]. The van der Waals surface area contributed by atoms with Crippen molar-refractivity contribution in [3.05, 3.63) is 62.5 Å². The minimum Gasteiger partial charge on any atom is -1.00 e. The summed E-state index contributed by atoms with van der Waals surface area (Å²) in [5.74, 6) is 0. The molecule has 2 aliphatic carbocycles. The van der Waals surface area contributed by atoms with Gasteiger partial charge in [-0.25, -0.2) is 0 Å². The van der Waals surface area contributed by atoms with Gasteiger partial charge in [-0.2, -0.15) is 0 Å². The van der Waals surface area contributed by atoms with Gasteiger partial charge < -0.3 is 24.8 Å². The van der Waals surface area contributed by atoms with E-state index in [-0.39, 0.29) is 30.2 Å². The van der Waals surface area contributed by atoms with Crippen LogP contribution in [-0.2, 0) is 20.0 Å². The smallest absolute Gasteiger partial charge is 1.00 e. The standard InChI is InChI=1S/C13H15.C6H7.C2H4.2ClH.Hf/c1-13(2,3)12-9-8-10-6-4-5-7-11(10)12;1-6-4-2-3-5-6;1-2;;;/h4-9H,1-3H3;2,4H,5H2,1H3;1-2H2;2*1H;/q;;;;;+2/p-2. The van der Waals surface area contributed by atoms with Crippen molar-refractivity contribution in [1.82, 2.24) is 0 Å². The van der Waals surface area contributed by atoms with Gasteiger partial charge in [-0.15, -0.1) is 0 Å². The Labute approximate surface area is 163 Å². The second-order valence-corrected chi connectivity index (χ2v) is 24.9. The summed E-state index contributed by atoms with van der Waals surface area (Å²) in [6, 6.07) is 9.26. The maximum Gasteiger partial charge on any atom is -1.00 e. The molecule has 1 aromatic carbocycles. The zero-order chi connectivity index (χ0) is 15.5. The zero-order valence-electron chi connectivity index (χ0n) is 15.0. The molecule has 0 spiro atoms. The molecule has 1 atom stereocenters. The average Bonchev–Trinajstić information content (AvgIpc) is 2.97. The van der Waals surface area contributed by atoms with Gasteiger partial charge in [0.2, 0.25) is 0 Å². The third-order valence-corrected chi connectivity index (χ3v) is 23.3. The zero-order valence-corrected chi connectivity index (χ0v) is 20.1. The van der Waals surface area contributed by atoms with Gasteiger partial charge in [0.1, 0.15) is 0 Å². The van der Waals surface area contributed by atoms with E-state index in [2.05, 4.69) is 70.2 Å². The predicted molar refractivity (Wildman–Crippen MR) is 92.7 cm³/mol. The molecule has 1 unspecified atom stereocenters. The first kappa shape index (κ1) is 20.2. The van der Waals surface area contributed by atoms with Crippen LogP contribution in [0.5, 0.6) is 0 Å². The van der Waals surface area contributed by atoms with Gasteiger partial charge in [0.05, 0.1) is 0 Å². The Morgan fingerprint density at radius 1 is 1.00 bits per heavy atom. The van der Waals surface area contributed by atoms with E-state index in [1.807, 2.05) is 3.33 Å². The van der Waals surface area contributed by atoms with Crippen LogP contribution in [-0.4, -0.2) is 0 Å². The molecule has 0 nitrogen and oxygen atoms in total. The fraction of sp³-hybridized carbons (Fsp3) is 0.429. The fourth-order valence-electron chi connectivity index (χ4n) is 4.44. The van der Waals surface area contributed by atoms with Gasteiger partial charge in [0, 0.05) is 0 Å². The number of benzene rings is 1. The van der Waals surface area contributed by atoms with Crippen molar-refractivity contribution in [1.29, 1.82) is 0 Å². The van der Waals surface area contributed by atoms with Crippen molar-refractivity contribution >= 4 is 5.57 Å². The summed E-state index contributed by atoms with van der Waals surface area (Å²) in [4.78, 5) is 0. The third kappa shape index (κ3) is 3.17. The number of rotatable bonds is 2. The Bertz CT molecular complexity index is 730. The molecule has 0 N–H and O–H groups in total. The maximum absolute atomic E-state index is 2.70. The van der Waals surface area contributed by atoms with Gasteiger partial charge in [-0.3, -0.25) is 0 Å². The summed E-state index contributed by atoms with van der Waals surface area (Å²) in [5.41, 5.74) is 6.65. The van der Waals surface area contributed by atoms with Crippen LogP contribution in [0, 0.1) is 5.41 Å². The Balaban J connectivity index is 0.00000104. The van der Waals surface area contributed by atoms with E-state index in [0.29, 0.717) is 0 Å². The molecular weight excluding hydrogens is 502 g/mol. The first-order valence-electron chi connectivity index (χ1n) is 8.60. The van der Waals surface area contributed by atoms with Crippen molar-refractivity contribution in [3.8, 4) is 0 Å². The first-order valence-corrected chi connectivity index (χ1v) is 17.6. The molecule has 3 aliphatic rings. The minimum atomic E-state index is -2.28. The summed E-state index contributed by atoms with van der Waals surface area (Å²) in [7, 11) is 0. The van der Waals surface area contributed by atoms with E-state index in [1.165, 1.54) is 6.42 Å². The number of hydrogen-bond donors (Lipinski definition) is 0. The van der Waals surface area contributed by atoms with Crippen LogP contribution in [0.1, 0.15) is 48.9 Å². The Kier molecular flexibility index (Phi) is 5.80. The molecule has 0 radical (unpaired) electrons. The molecule has 0 aromatic heterocycles. The number of hydrogen-bond acceptors (Lipinski definition) is 0. The summed E-state index contributed by atoms with van der Waals surface area (Å²) < 4.78 is 5.86. The monoisotopic (exact) mass is 528 g/mol. The third-order valence-electron chi connectivity index (χ3n) is 5.79. The van der Waals surface area contributed by atoms with E-state index in [1.54, 1.807) is 30.6 Å². The van der Waals surface area contributed by atoms with Gasteiger partial charge >= 0.3 is 140 Å².